The summed E-state index contributed by atoms with van der Waals surface area (Å²) in [7, 11) is 2.04. The van der Waals surface area contributed by atoms with E-state index < -0.39 is 0 Å². The molecule has 0 atom stereocenters. The summed E-state index contributed by atoms with van der Waals surface area (Å²) in [6.07, 6.45) is 5.52. The number of nitrogens with zero attached hydrogens (tertiary/aromatic N) is 5. The number of imidazole rings is 1. The number of aromatic nitrogens is 3. The van der Waals surface area contributed by atoms with Crippen molar-refractivity contribution in [1.29, 1.82) is 0 Å². The Labute approximate surface area is 118 Å². The van der Waals surface area contributed by atoms with Crippen molar-refractivity contribution >= 4 is 5.96 Å². The van der Waals surface area contributed by atoms with E-state index in [9.17, 15) is 0 Å². The van der Waals surface area contributed by atoms with Gasteiger partial charge in [0.1, 0.15) is 11.6 Å². The maximum Gasteiger partial charge on any atom is 0.194 e. The number of hydrogen-bond donors (Lipinski definition) is 1. The SMILES string of the molecule is Cc1nccn1-c1ncccc1CNC1=NCCN1C. The van der Waals surface area contributed by atoms with Crippen LogP contribution in [0.1, 0.15) is 11.4 Å². The van der Waals surface area contributed by atoms with E-state index in [1.807, 2.05) is 30.8 Å². The summed E-state index contributed by atoms with van der Waals surface area (Å²) in [4.78, 5) is 15.3. The third-order valence-electron chi connectivity index (χ3n) is 3.42. The van der Waals surface area contributed by atoms with Gasteiger partial charge in [-0.3, -0.25) is 9.56 Å². The number of aryl methyl sites for hydroxylation is 1. The van der Waals surface area contributed by atoms with Gasteiger partial charge in [0.2, 0.25) is 0 Å². The lowest BCUT2D eigenvalue weighted by Gasteiger charge is -2.16. The van der Waals surface area contributed by atoms with Crippen molar-refractivity contribution in [3.63, 3.8) is 0 Å². The van der Waals surface area contributed by atoms with Crippen LogP contribution in [0.15, 0.2) is 35.7 Å². The largest absolute Gasteiger partial charge is 0.352 e. The fourth-order valence-electron chi connectivity index (χ4n) is 2.28. The molecule has 1 N–H and O–H groups in total. The molecular formula is C14H18N6. The third kappa shape index (κ3) is 2.36. The maximum absolute atomic E-state index is 4.48. The molecule has 0 aromatic carbocycles. The molecule has 0 fully saturated rings. The van der Waals surface area contributed by atoms with Gasteiger partial charge in [-0.1, -0.05) is 6.07 Å². The maximum atomic E-state index is 4.48. The number of rotatable bonds is 3. The van der Waals surface area contributed by atoms with Crippen molar-refractivity contribution in [3.8, 4) is 5.82 Å². The van der Waals surface area contributed by atoms with Gasteiger partial charge in [-0.15, -0.1) is 0 Å². The summed E-state index contributed by atoms with van der Waals surface area (Å²) in [5, 5.41) is 3.37. The van der Waals surface area contributed by atoms with Crippen molar-refractivity contribution in [3.05, 3.63) is 42.1 Å². The predicted molar refractivity (Wildman–Crippen MR) is 77.9 cm³/mol. The van der Waals surface area contributed by atoms with Crippen LogP contribution in [0.25, 0.3) is 5.82 Å². The van der Waals surface area contributed by atoms with Gasteiger partial charge in [-0.25, -0.2) is 9.97 Å². The molecular weight excluding hydrogens is 252 g/mol. The Kier molecular flexibility index (Phi) is 3.37. The first-order valence-electron chi connectivity index (χ1n) is 6.69. The minimum absolute atomic E-state index is 0.698. The number of hydrogen-bond acceptors (Lipinski definition) is 5. The fraction of sp³-hybridized carbons (Fsp3) is 0.357. The summed E-state index contributed by atoms with van der Waals surface area (Å²) in [6, 6.07) is 4.03. The zero-order chi connectivity index (χ0) is 13.9. The molecule has 20 heavy (non-hydrogen) atoms. The van der Waals surface area contributed by atoms with E-state index in [1.165, 1.54) is 0 Å². The molecule has 0 unspecified atom stereocenters. The van der Waals surface area contributed by atoms with Crippen LogP contribution in [-0.4, -0.2) is 45.5 Å². The lowest BCUT2D eigenvalue weighted by molar-refractivity contribution is 0.533. The number of nitrogens with one attached hydrogen (secondary N) is 1. The zero-order valence-corrected chi connectivity index (χ0v) is 11.7. The van der Waals surface area contributed by atoms with Gasteiger partial charge in [0.25, 0.3) is 0 Å². The van der Waals surface area contributed by atoms with Crippen LogP contribution in [0.2, 0.25) is 0 Å². The van der Waals surface area contributed by atoms with Gasteiger partial charge in [0.05, 0.1) is 6.54 Å². The van der Waals surface area contributed by atoms with Gasteiger partial charge in [-0.05, 0) is 13.0 Å². The molecule has 0 spiro atoms. The van der Waals surface area contributed by atoms with Gasteiger partial charge in [0, 0.05) is 44.3 Å². The molecule has 0 aliphatic carbocycles. The Bertz CT molecular complexity index is 630. The molecule has 6 nitrogen and oxygen atoms in total. The average Bonchev–Trinajstić information content (AvgIpc) is 3.06. The molecule has 6 heteroatoms. The molecule has 0 saturated carbocycles. The highest BCUT2D eigenvalue weighted by molar-refractivity contribution is 5.81. The van der Waals surface area contributed by atoms with E-state index in [0.29, 0.717) is 6.54 Å². The molecule has 0 saturated heterocycles. The minimum atomic E-state index is 0.698. The smallest absolute Gasteiger partial charge is 0.194 e. The lowest BCUT2D eigenvalue weighted by Crippen LogP contribution is -2.35. The summed E-state index contributed by atoms with van der Waals surface area (Å²) >= 11 is 0. The van der Waals surface area contributed by atoms with Crippen LogP contribution in [0.3, 0.4) is 0 Å². The second-order valence-corrected chi connectivity index (χ2v) is 4.81. The number of likely N-dealkylation sites (N-methyl/N-ethyl adjacent to an activating group) is 1. The highest BCUT2D eigenvalue weighted by atomic mass is 15.3. The summed E-state index contributed by atoms with van der Waals surface area (Å²) in [5.41, 5.74) is 1.12. The molecule has 104 valence electrons. The van der Waals surface area contributed by atoms with Crippen LogP contribution in [0.5, 0.6) is 0 Å². The topological polar surface area (TPSA) is 58.3 Å². The van der Waals surface area contributed by atoms with Crippen molar-refractivity contribution in [2.24, 2.45) is 4.99 Å². The molecule has 3 rings (SSSR count). The van der Waals surface area contributed by atoms with E-state index >= 15 is 0 Å². The van der Waals surface area contributed by atoms with Gasteiger partial charge in [-0.2, -0.15) is 0 Å². The first kappa shape index (κ1) is 12.7. The van der Waals surface area contributed by atoms with Gasteiger partial charge >= 0.3 is 0 Å². The number of pyridine rings is 1. The molecule has 1 aliphatic heterocycles. The normalized spacial score (nSPS) is 14.5. The van der Waals surface area contributed by atoms with Crippen molar-refractivity contribution < 1.29 is 0 Å². The van der Waals surface area contributed by atoms with Crippen molar-refractivity contribution in [2.75, 3.05) is 20.1 Å². The van der Waals surface area contributed by atoms with Crippen LogP contribution >= 0.6 is 0 Å². The van der Waals surface area contributed by atoms with Crippen LogP contribution in [-0.2, 0) is 6.54 Å². The lowest BCUT2D eigenvalue weighted by atomic mass is 10.2. The van der Waals surface area contributed by atoms with E-state index in [4.69, 9.17) is 0 Å². The van der Waals surface area contributed by atoms with Crippen molar-refractivity contribution in [1.82, 2.24) is 24.8 Å². The molecule has 0 amide bonds. The highest BCUT2D eigenvalue weighted by Gasteiger charge is 2.13. The van der Waals surface area contributed by atoms with E-state index in [0.717, 1.165) is 36.3 Å². The Morgan fingerprint density at radius 1 is 1.30 bits per heavy atom. The molecule has 2 aromatic heterocycles. The second-order valence-electron chi connectivity index (χ2n) is 4.81. The number of guanidine groups is 1. The van der Waals surface area contributed by atoms with Crippen LogP contribution < -0.4 is 5.32 Å². The Morgan fingerprint density at radius 3 is 2.90 bits per heavy atom. The van der Waals surface area contributed by atoms with Crippen LogP contribution in [0.4, 0.5) is 0 Å². The average molecular weight is 270 g/mol. The standard InChI is InChI=1S/C14H18N6/c1-11-15-7-9-20(11)13-12(4-3-5-16-13)10-18-14-17-6-8-19(14)2/h3-5,7,9H,6,8,10H2,1-2H3,(H,17,18). The molecule has 1 aliphatic rings. The fourth-order valence-corrected chi connectivity index (χ4v) is 2.28. The quantitative estimate of drug-likeness (QED) is 0.903. The molecule has 0 radical (unpaired) electrons. The summed E-state index contributed by atoms with van der Waals surface area (Å²) in [5.74, 6) is 2.79. The monoisotopic (exact) mass is 270 g/mol. The minimum Gasteiger partial charge on any atom is -0.352 e. The van der Waals surface area contributed by atoms with Gasteiger partial charge in [0.15, 0.2) is 5.96 Å². The summed E-state index contributed by atoms with van der Waals surface area (Å²) in [6.45, 7) is 4.51. The predicted octanol–water partition coefficient (Wildman–Crippen LogP) is 0.967. The van der Waals surface area contributed by atoms with E-state index in [-0.39, 0.29) is 0 Å². The number of aliphatic imine (C=N–C) groups is 1. The molecule has 3 heterocycles. The Hall–Kier alpha value is -2.37. The molecule has 2 aromatic rings. The van der Waals surface area contributed by atoms with Crippen LogP contribution in [0, 0.1) is 6.92 Å². The highest BCUT2D eigenvalue weighted by Crippen LogP contribution is 2.13. The Morgan fingerprint density at radius 2 is 2.20 bits per heavy atom. The zero-order valence-electron chi connectivity index (χ0n) is 11.7. The first-order chi connectivity index (χ1) is 9.75. The summed E-state index contributed by atoms with van der Waals surface area (Å²) < 4.78 is 2.00. The van der Waals surface area contributed by atoms with E-state index in [2.05, 4.69) is 31.2 Å². The Balaban J connectivity index is 1.82. The van der Waals surface area contributed by atoms with Gasteiger partial charge < -0.3 is 10.2 Å². The van der Waals surface area contributed by atoms with E-state index in [1.54, 1.807) is 12.4 Å². The third-order valence-corrected chi connectivity index (χ3v) is 3.42. The van der Waals surface area contributed by atoms with Crippen molar-refractivity contribution in [2.45, 2.75) is 13.5 Å². The molecule has 0 bridgehead atoms. The second kappa shape index (κ2) is 5.32. The first-order valence-corrected chi connectivity index (χ1v) is 6.69.